The van der Waals surface area contributed by atoms with Crippen molar-refractivity contribution in [2.24, 2.45) is 0 Å². The number of carbonyl (C=O) groups is 1. The Labute approximate surface area is 177 Å². The molecule has 2 N–H and O–H groups in total. The molecule has 2 aromatic carbocycles. The van der Waals surface area contributed by atoms with Crippen LogP contribution in [-0.2, 0) is 26.0 Å². The van der Waals surface area contributed by atoms with Crippen LogP contribution in [0.5, 0.6) is 0 Å². The zero-order chi connectivity index (χ0) is 23.4. The van der Waals surface area contributed by atoms with Gasteiger partial charge >= 0.3 is 12.3 Å². The van der Waals surface area contributed by atoms with Gasteiger partial charge in [-0.1, -0.05) is 18.2 Å². The van der Waals surface area contributed by atoms with Crippen molar-refractivity contribution in [3.63, 3.8) is 0 Å². The number of amides is 1. The van der Waals surface area contributed by atoms with Crippen molar-refractivity contribution in [2.75, 3.05) is 20.1 Å². The molecule has 0 aliphatic rings. The number of hydrogen-bond donors (Lipinski definition) is 2. The predicted molar refractivity (Wildman–Crippen MR) is 104 cm³/mol. The molecular weight excluding hydrogens is 461 g/mol. The maximum Gasteiger partial charge on any atom is 0.417 e. The van der Waals surface area contributed by atoms with Crippen LogP contribution in [0.15, 0.2) is 63.2 Å². The first-order valence-corrected chi connectivity index (χ1v) is 11.7. The van der Waals surface area contributed by atoms with Crippen LogP contribution in [0.3, 0.4) is 0 Å². The molecule has 0 radical (unpaired) electrons. The monoisotopic (exact) mass is 480 g/mol. The van der Waals surface area contributed by atoms with E-state index in [0.29, 0.717) is 18.2 Å². The molecule has 0 aliphatic heterocycles. The number of nitrogens with zero attached hydrogens (tertiary/aromatic N) is 1. The van der Waals surface area contributed by atoms with Crippen LogP contribution < -0.4 is 4.72 Å². The second-order valence-corrected chi connectivity index (χ2v) is 10.1. The van der Waals surface area contributed by atoms with Crippen LogP contribution in [0.2, 0.25) is 0 Å². The lowest BCUT2D eigenvalue weighted by molar-refractivity contribution is -0.139. The summed E-state index contributed by atoms with van der Waals surface area (Å²) in [5.41, 5.74) is -1.52. The van der Waals surface area contributed by atoms with Gasteiger partial charge in [0.1, 0.15) is 0 Å². The van der Waals surface area contributed by atoms with Crippen molar-refractivity contribution in [1.82, 2.24) is 9.62 Å². The van der Waals surface area contributed by atoms with Gasteiger partial charge in [0, 0.05) is 20.1 Å². The Balaban J connectivity index is 2.42. The van der Waals surface area contributed by atoms with E-state index in [2.05, 4.69) is 0 Å². The highest BCUT2D eigenvalue weighted by Gasteiger charge is 2.38. The molecule has 170 valence electrons. The molecule has 2 rings (SSSR count). The fourth-order valence-electron chi connectivity index (χ4n) is 2.56. The van der Waals surface area contributed by atoms with E-state index in [1.165, 1.54) is 31.3 Å². The van der Waals surface area contributed by atoms with Gasteiger partial charge in [0.2, 0.25) is 19.9 Å². The van der Waals surface area contributed by atoms with Gasteiger partial charge in [-0.3, -0.25) is 0 Å². The highest BCUT2D eigenvalue weighted by atomic mass is 32.2. The summed E-state index contributed by atoms with van der Waals surface area (Å²) in [7, 11) is -7.77. The number of halogens is 3. The number of sulfonamides is 1. The number of alkyl halides is 3. The third kappa shape index (κ3) is 5.95. The van der Waals surface area contributed by atoms with Gasteiger partial charge in [-0.15, -0.1) is 0 Å². The van der Waals surface area contributed by atoms with E-state index in [-0.39, 0.29) is 24.4 Å². The van der Waals surface area contributed by atoms with Crippen LogP contribution >= 0.6 is 0 Å². The van der Waals surface area contributed by atoms with Gasteiger partial charge < -0.3 is 10.0 Å². The van der Waals surface area contributed by atoms with E-state index < -0.39 is 47.5 Å². The van der Waals surface area contributed by atoms with Crippen molar-refractivity contribution in [3.05, 3.63) is 54.1 Å². The molecule has 0 aromatic heterocycles. The molecule has 1 amide bonds. The molecule has 0 fully saturated rings. The van der Waals surface area contributed by atoms with E-state index in [4.69, 9.17) is 5.11 Å². The Kier molecular flexibility index (Phi) is 7.34. The first-order chi connectivity index (χ1) is 14.3. The number of rotatable bonds is 8. The number of sulfone groups is 1. The minimum absolute atomic E-state index is 0.00855. The Morgan fingerprint density at radius 3 is 2.19 bits per heavy atom. The third-order valence-corrected chi connectivity index (χ3v) is 7.47. The van der Waals surface area contributed by atoms with Crippen LogP contribution in [0.1, 0.15) is 12.0 Å². The van der Waals surface area contributed by atoms with Crippen LogP contribution in [0.4, 0.5) is 18.0 Å². The minimum atomic E-state index is -5.05. The lowest BCUT2D eigenvalue weighted by Crippen LogP contribution is -2.31. The van der Waals surface area contributed by atoms with Gasteiger partial charge in [0.15, 0.2) is 0 Å². The number of nitrogens with one attached hydrogen (secondary N) is 1. The summed E-state index contributed by atoms with van der Waals surface area (Å²) in [5, 5.41) is 8.75. The van der Waals surface area contributed by atoms with Crippen LogP contribution in [0.25, 0.3) is 0 Å². The number of carboxylic acid groups (broad SMARTS) is 1. The molecule has 0 atom stereocenters. The highest BCUT2D eigenvalue weighted by molar-refractivity contribution is 7.91. The molecule has 0 unspecified atom stereocenters. The second kappa shape index (κ2) is 9.24. The van der Waals surface area contributed by atoms with Gasteiger partial charge in [0.25, 0.3) is 0 Å². The van der Waals surface area contributed by atoms with Crippen molar-refractivity contribution in [3.8, 4) is 0 Å². The van der Waals surface area contributed by atoms with Gasteiger partial charge in [0.05, 0.1) is 20.2 Å². The summed E-state index contributed by atoms with van der Waals surface area (Å²) in [6.07, 6.45) is -6.31. The molecule has 31 heavy (non-hydrogen) atoms. The van der Waals surface area contributed by atoms with Crippen molar-refractivity contribution in [2.45, 2.75) is 27.3 Å². The average Bonchev–Trinajstić information content (AvgIpc) is 2.70. The van der Waals surface area contributed by atoms with E-state index in [1.807, 2.05) is 4.72 Å². The largest absolute Gasteiger partial charge is 0.465 e. The quantitative estimate of drug-likeness (QED) is 0.561. The predicted octanol–water partition coefficient (Wildman–Crippen LogP) is 2.82. The van der Waals surface area contributed by atoms with Gasteiger partial charge in [-0.25, -0.2) is 26.4 Å². The fourth-order valence-corrected chi connectivity index (χ4v) is 5.26. The minimum Gasteiger partial charge on any atom is -0.465 e. The highest BCUT2D eigenvalue weighted by Crippen LogP contribution is 2.36. The summed E-state index contributed by atoms with van der Waals surface area (Å²) < 4.78 is 92.7. The van der Waals surface area contributed by atoms with Crippen LogP contribution in [0, 0.1) is 0 Å². The molecule has 0 saturated carbocycles. The van der Waals surface area contributed by atoms with E-state index in [9.17, 15) is 34.8 Å². The van der Waals surface area contributed by atoms with Crippen molar-refractivity contribution in [1.29, 1.82) is 0 Å². The molecule has 0 bridgehead atoms. The van der Waals surface area contributed by atoms with Gasteiger partial charge in [-0.2, -0.15) is 13.2 Å². The van der Waals surface area contributed by atoms with E-state index in [1.54, 1.807) is 6.07 Å². The first kappa shape index (κ1) is 24.6. The zero-order valence-corrected chi connectivity index (χ0v) is 17.8. The second-order valence-electron chi connectivity index (χ2n) is 6.43. The van der Waals surface area contributed by atoms with Crippen molar-refractivity contribution < 1.29 is 39.9 Å². The molecular formula is C18H19F3N2O6S2. The molecule has 0 spiro atoms. The smallest absolute Gasteiger partial charge is 0.417 e. The Morgan fingerprint density at radius 1 is 1.03 bits per heavy atom. The van der Waals surface area contributed by atoms with Crippen molar-refractivity contribution >= 4 is 26.0 Å². The zero-order valence-electron chi connectivity index (χ0n) is 16.1. The Hall–Kier alpha value is -2.64. The lowest BCUT2D eigenvalue weighted by atomic mass is 10.2. The molecule has 0 saturated heterocycles. The van der Waals surface area contributed by atoms with Crippen LogP contribution in [-0.4, -0.2) is 53.1 Å². The summed E-state index contributed by atoms with van der Waals surface area (Å²) in [5.74, 6) is 0. The summed E-state index contributed by atoms with van der Waals surface area (Å²) in [6.45, 7) is -0.417. The average molecular weight is 480 g/mol. The molecule has 2 aromatic rings. The topological polar surface area (TPSA) is 121 Å². The van der Waals surface area contributed by atoms with E-state index >= 15 is 0 Å². The van der Waals surface area contributed by atoms with Gasteiger partial charge in [-0.05, 0) is 36.8 Å². The Morgan fingerprint density at radius 2 is 1.65 bits per heavy atom. The fraction of sp³-hybridized carbons (Fsp3) is 0.278. The summed E-state index contributed by atoms with van der Waals surface area (Å²) in [6, 6.07) is 8.43. The number of benzene rings is 2. The molecule has 0 aliphatic carbocycles. The first-order valence-electron chi connectivity index (χ1n) is 8.72. The maximum absolute atomic E-state index is 13.4. The standard InChI is InChI=1S/C18H19F3N2O6S2/c1-23(17(24)25)11-5-10-22-31(28,29)16-12-14(8-9-15(16)18(19,20)21)30(26,27)13-6-3-2-4-7-13/h2-4,6-9,12,22H,5,10-11H2,1H3,(H,24,25). The maximum atomic E-state index is 13.4. The normalized spacial score (nSPS) is 12.5. The van der Waals surface area contributed by atoms with E-state index in [0.717, 1.165) is 4.90 Å². The lowest BCUT2D eigenvalue weighted by Gasteiger charge is -2.16. The molecule has 0 heterocycles. The molecule has 13 heteroatoms. The summed E-state index contributed by atoms with van der Waals surface area (Å²) >= 11 is 0. The SMILES string of the molecule is CN(CCCNS(=O)(=O)c1cc(S(=O)(=O)c2ccccc2)ccc1C(F)(F)F)C(=O)O. The third-order valence-electron chi connectivity index (χ3n) is 4.20. The summed E-state index contributed by atoms with van der Waals surface area (Å²) in [4.78, 5) is 9.55. The number of hydrogen-bond acceptors (Lipinski definition) is 5. The molecule has 8 nitrogen and oxygen atoms in total. The Bertz CT molecular complexity index is 1150.